The van der Waals surface area contributed by atoms with Gasteiger partial charge in [-0.15, -0.1) is 0 Å². The number of rotatable bonds is 7. The topological polar surface area (TPSA) is 105 Å². The Morgan fingerprint density at radius 2 is 2.15 bits per heavy atom. The summed E-state index contributed by atoms with van der Waals surface area (Å²) in [5, 5.41) is 6.75. The highest BCUT2D eigenvalue weighted by Gasteiger charge is 2.22. The van der Waals surface area contributed by atoms with Crippen LogP contribution in [0.4, 0.5) is 4.79 Å². The molecule has 2 fully saturated rings. The second kappa shape index (κ2) is 9.43. The highest BCUT2D eigenvalue weighted by atomic mass is 16.5. The number of urea groups is 1. The Morgan fingerprint density at radius 3 is 2.81 bits per heavy atom. The smallest absolute Gasteiger partial charge is 0.314 e. The Balaban J connectivity index is 1.52. The van der Waals surface area contributed by atoms with Crippen LogP contribution < -0.4 is 21.1 Å². The number of nitrogens with two attached hydrogens (primary N) is 1. The lowest BCUT2D eigenvalue weighted by molar-refractivity contribution is 0.188. The molecule has 4 N–H and O–H groups in total. The molecule has 0 aromatic carbocycles. The van der Waals surface area contributed by atoms with Gasteiger partial charge in [-0.25, -0.2) is 14.8 Å². The summed E-state index contributed by atoms with van der Waals surface area (Å²) in [6, 6.07) is 3.86. The van der Waals surface area contributed by atoms with Crippen LogP contribution in [-0.4, -0.2) is 54.2 Å². The first-order valence-corrected chi connectivity index (χ1v) is 9.81. The van der Waals surface area contributed by atoms with E-state index in [0.29, 0.717) is 31.4 Å². The first-order chi connectivity index (χ1) is 13.1. The normalized spacial score (nSPS) is 18.3. The van der Waals surface area contributed by atoms with Crippen molar-refractivity contribution >= 4 is 12.0 Å². The molecule has 8 nitrogen and oxygen atoms in total. The molecule has 8 heteroatoms. The van der Waals surface area contributed by atoms with Crippen molar-refractivity contribution in [2.45, 2.75) is 45.2 Å². The average Bonchev–Trinajstić information content (AvgIpc) is 3.50. The van der Waals surface area contributed by atoms with Crippen molar-refractivity contribution < 1.29 is 9.53 Å². The zero-order chi connectivity index (χ0) is 19.1. The molecule has 1 aliphatic carbocycles. The largest absolute Gasteiger partial charge is 0.477 e. The van der Waals surface area contributed by atoms with Crippen LogP contribution in [0.5, 0.6) is 5.88 Å². The van der Waals surface area contributed by atoms with Gasteiger partial charge in [-0.1, -0.05) is 0 Å². The van der Waals surface area contributed by atoms with Crippen molar-refractivity contribution in [3.05, 3.63) is 23.9 Å². The lowest BCUT2D eigenvalue weighted by atomic mass is 10.1. The lowest BCUT2D eigenvalue weighted by Crippen LogP contribution is -2.50. The number of nitrogens with one attached hydrogen (secondary N) is 2. The molecule has 0 spiro atoms. The number of guanidine groups is 1. The van der Waals surface area contributed by atoms with Gasteiger partial charge in [0.15, 0.2) is 5.96 Å². The van der Waals surface area contributed by atoms with Gasteiger partial charge in [0.05, 0.1) is 13.2 Å². The van der Waals surface area contributed by atoms with Gasteiger partial charge in [0.1, 0.15) is 0 Å². The number of carbonyl (C=O) groups excluding carboxylic acids is 1. The van der Waals surface area contributed by atoms with Gasteiger partial charge in [-0.2, -0.15) is 0 Å². The van der Waals surface area contributed by atoms with E-state index in [2.05, 4.69) is 20.6 Å². The number of amides is 2. The number of aliphatic imine (C=N–C) groups is 1. The van der Waals surface area contributed by atoms with Crippen LogP contribution in [0.3, 0.4) is 0 Å². The Bertz CT molecular complexity index is 653. The fourth-order valence-electron chi connectivity index (χ4n) is 3.04. The second-order valence-corrected chi connectivity index (χ2v) is 7.20. The Hall–Kier alpha value is -2.51. The van der Waals surface area contributed by atoms with Gasteiger partial charge in [0, 0.05) is 37.9 Å². The number of hydrogen-bond donors (Lipinski definition) is 3. The van der Waals surface area contributed by atoms with E-state index in [4.69, 9.17) is 10.5 Å². The minimum atomic E-state index is -0.341. The van der Waals surface area contributed by atoms with Gasteiger partial charge in [-0.3, -0.25) is 0 Å². The molecule has 0 unspecified atom stereocenters. The highest BCUT2D eigenvalue weighted by molar-refractivity contribution is 5.80. The van der Waals surface area contributed by atoms with E-state index in [1.54, 1.807) is 11.1 Å². The first-order valence-electron chi connectivity index (χ1n) is 9.81. The van der Waals surface area contributed by atoms with Crippen molar-refractivity contribution in [2.24, 2.45) is 16.6 Å². The third-order valence-corrected chi connectivity index (χ3v) is 4.87. The SMILES string of the molecule is CCNC(=NCc1ccnc(OCC2CC2)c1)NC1CCN(C(N)=O)CC1. The van der Waals surface area contributed by atoms with Gasteiger partial charge in [0.25, 0.3) is 0 Å². The van der Waals surface area contributed by atoms with Crippen LogP contribution in [0.25, 0.3) is 0 Å². The maximum absolute atomic E-state index is 11.2. The molecular formula is C19H30N6O2. The maximum Gasteiger partial charge on any atom is 0.314 e. The number of likely N-dealkylation sites (tertiary alicyclic amines) is 1. The van der Waals surface area contributed by atoms with E-state index >= 15 is 0 Å². The molecule has 2 aliphatic rings. The number of nitrogens with zero attached hydrogens (tertiary/aromatic N) is 3. The molecular weight excluding hydrogens is 344 g/mol. The fourth-order valence-corrected chi connectivity index (χ4v) is 3.04. The van der Waals surface area contributed by atoms with Gasteiger partial charge < -0.3 is 26.0 Å². The number of ether oxygens (including phenoxy) is 1. The summed E-state index contributed by atoms with van der Waals surface area (Å²) < 4.78 is 5.74. The summed E-state index contributed by atoms with van der Waals surface area (Å²) >= 11 is 0. The summed E-state index contributed by atoms with van der Waals surface area (Å²) in [5.41, 5.74) is 6.41. The van der Waals surface area contributed by atoms with E-state index in [1.807, 2.05) is 19.1 Å². The summed E-state index contributed by atoms with van der Waals surface area (Å²) in [6.45, 7) is 5.50. The molecule has 1 saturated heterocycles. The zero-order valence-electron chi connectivity index (χ0n) is 16.0. The molecule has 0 bridgehead atoms. The van der Waals surface area contributed by atoms with Crippen molar-refractivity contribution in [1.29, 1.82) is 0 Å². The van der Waals surface area contributed by atoms with Gasteiger partial charge in [-0.05, 0) is 50.2 Å². The van der Waals surface area contributed by atoms with Crippen LogP contribution >= 0.6 is 0 Å². The molecule has 1 aliphatic heterocycles. The summed E-state index contributed by atoms with van der Waals surface area (Å²) in [6.07, 6.45) is 6.02. The van der Waals surface area contributed by atoms with Gasteiger partial charge >= 0.3 is 6.03 Å². The Morgan fingerprint density at radius 1 is 1.37 bits per heavy atom. The average molecular weight is 374 g/mol. The van der Waals surface area contributed by atoms with Crippen LogP contribution in [0.15, 0.2) is 23.3 Å². The molecule has 0 radical (unpaired) electrons. The first kappa shape index (κ1) is 19.3. The second-order valence-electron chi connectivity index (χ2n) is 7.20. The number of hydrogen-bond acceptors (Lipinski definition) is 4. The molecule has 0 atom stereocenters. The highest BCUT2D eigenvalue weighted by Crippen LogP contribution is 2.29. The minimum Gasteiger partial charge on any atom is -0.477 e. The molecule has 1 saturated carbocycles. The summed E-state index contributed by atoms with van der Waals surface area (Å²) in [5.74, 6) is 2.16. The van der Waals surface area contributed by atoms with E-state index in [0.717, 1.165) is 37.5 Å². The summed E-state index contributed by atoms with van der Waals surface area (Å²) in [4.78, 5) is 21.9. The van der Waals surface area contributed by atoms with E-state index in [9.17, 15) is 4.79 Å². The van der Waals surface area contributed by atoms with E-state index < -0.39 is 0 Å². The predicted molar refractivity (Wildman–Crippen MR) is 105 cm³/mol. The number of carbonyl (C=O) groups is 1. The fraction of sp³-hybridized carbons (Fsp3) is 0.632. The van der Waals surface area contributed by atoms with Crippen molar-refractivity contribution in [3.8, 4) is 5.88 Å². The van der Waals surface area contributed by atoms with Crippen LogP contribution in [0.2, 0.25) is 0 Å². The molecule has 3 rings (SSSR count). The monoisotopic (exact) mass is 374 g/mol. The zero-order valence-corrected chi connectivity index (χ0v) is 16.0. The van der Waals surface area contributed by atoms with Crippen LogP contribution in [-0.2, 0) is 6.54 Å². The molecule has 1 aromatic heterocycles. The molecule has 148 valence electrons. The van der Waals surface area contributed by atoms with E-state index in [1.165, 1.54) is 12.8 Å². The van der Waals surface area contributed by atoms with Crippen molar-refractivity contribution in [3.63, 3.8) is 0 Å². The molecule has 1 aromatic rings. The lowest BCUT2D eigenvalue weighted by Gasteiger charge is -2.32. The standard InChI is InChI=1S/C19H30N6O2/c1-2-21-19(24-16-6-9-25(10-7-16)18(20)26)23-12-15-5-8-22-17(11-15)27-13-14-3-4-14/h5,8,11,14,16H,2-4,6-7,9-10,12-13H2,1H3,(H2,20,26)(H2,21,23,24). The Kier molecular flexibility index (Phi) is 6.73. The minimum absolute atomic E-state index is 0.285. The molecule has 27 heavy (non-hydrogen) atoms. The molecule has 2 amide bonds. The van der Waals surface area contributed by atoms with Gasteiger partial charge in [0.2, 0.25) is 5.88 Å². The predicted octanol–water partition coefficient (Wildman–Crippen LogP) is 1.47. The summed E-state index contributed by atoms with van der Waals surface area (Å²) in [7, 11) is 0. The van der Waals surface area contributed by atoms with Crippen molar-refractivity contribution in [1.82, 2.24) is 20.5 Å². The third kappa shape index (κ3) is 6.30. The van der Waals surface area contributed by atoms with E-state index in [-0.39, 0.29) is 12.1 Å². The number of piperidine rings is 1. The number of primary amides is 1. The number of aromatic nitrogens is 1. The quantitative estimate of drug-likeness (QED) is 0.495. The molecule has 2 heterocycles. The van der Waals surface area contributed by atoms with Crippen molar-refractivity contribution in [2.75, 3.05) is 26.2 Å². The van der Waals surface area contributed by atoms with Crippen LogP contribution in [0.1, 0.15) is 38.2 Å². The number of pyridine rings is 1. The maximum atomic E-state index is 11.2. The van der Waals surface area contributed by atoms with Crippen LogP contribution in [0, 0.1) is 5.92 Å². The third-order valence-electron chi connectivity index (χ3n) is 4.87. The Labute approximate surface area is 160 Å².